The van der Waals surface area contributed by atoms with Gasteiger partial charge in [0, 0.05) is 22.7 Å². The molecule has 0 fully saturated rings. The van der Waals surface area contributed by atoms with Gasteiger partial charge in [0.1, 0.15) is 18.4 Å². The first kappa shape index (κ1) is 27.6. The number of carbonyl (C=O) groups is 2. The molecule has 0 bridgehead atoms. The van der Waals surface area contributed by atoms with Gasteiger partial charge in [0.05, 0.1) is 11.9 Å². The SMILES string of the molecule is Cc1ccc(N(CC(=O)N(Cc2ccccc2F)C(C)C(=O)NC(C)(C)C)S(C)(=O)=O)cc1Cl. The number of amides is 2. The summed E-state index contributed by atoms with van der Waals surface area (Å²) in [6.45, 7) is 7.89. The van der Waals surface area contributed by atoms with Gasteiger partial charge in [-0.2, -0.15) is 0 Å². The molecule has 186 valence electrons. The number of nitrogens with zero attached hydrogens (tertiary/aromatic N) is 2. The molecule has 2 aromatic carbocycles. The first-order valence-electron chi connectivity index (χ1n) is 10.7. The number of anilines is 1. The summed E-state index contributed by atoms with van der Waals surface area (Å²) in [5, 5.41) is 3.15. The van der Waals surface area contributed by atoms with E-state index in [0.717, 1.165) is 16.1 Å². The van der Waals surface area contributed by atoms with E-state index in [2.05, 4.69) is 5.32 Å². The molecule has 2 aromatic rings. The molecule has 2 rings (SSSR count). The van der Waals surface area contributed by atoms with Crippen LogP contribution < -0.4 is 9.62 Å². The molecule has 0 saturated heterocycles. The molecule has 0 heterocycles. The second-order valence-electron chi connectivity index (χ2n) is 9.23. The van der Waals surface area contributed by atoms with Gasteiger partial charge in [0.15, 0.2) is 0 Å². The molecule has 7 nitrogen and oxygen atoms in total. The summed E-state index contributed by atoms with van der Waals surface area (Å²) in [5.74, 6) is -1.64. The fraction of sp³-hybridized carbons (Fsp3) is 0.417. The molecule has 0 aliphatic carbocycles. The second-order valence-corrected chi connectivity index (χ2v) is 11.5. The van der Waals surface area contributed by atoms with Crippen molar-refractivity contribution in [2.45, 2.75) is 52.7 Å². The summed E-state index contributed by atoms with van der Waals surface area (Å²) in [6, 6.07) is 9.58. The van der Waals surface area contributed by atoms with Crippen LogP contribution in [-0.2, 0) is 26.2 Å². The van der Waals surface area contributed by atoms with Crippen LogP contribution in [0.3, 0.4) is 0 Å². The molecule has 0 aliphatic heterocycles. The lowest BCUT2D eigenvalue weighted by molar-refractivity contribution is -0.140. The molecule has 1 unspecified atom stereocenters. The highest BCUT2D eigenvalue weighted by Crippen LogP contribution is 2.25. The van der Waals surface area contributed by atoms with Crippen molar-refractivity contribution in [3.63, 3.8) is 0 Å². The molecule has 10 heteroatoms. The molecule has 2 amide bonds. The summed E-state index contributed by atoms with van der Waals surface area (Å²) >= 11 is 6.17. The van der Waals surface area contributed by atoms with E-state index in [4.69, 9.17) is 11.6 Å². The normalized spacial score (nSPS) is 12.7. The van der Waals surface area contributed by atoms with Gasteiger partial charge in [-0.1, -0.05) is 35.9 Å². The number of rotatable bonds is 8. The number of sulfonamides is 1. The van der Waals surface area contributed by atoms with Gasteiger partial charge in [-0.3, -0.25) is 13.9 Å². The van der Waals surface area contributed by atoms with E-state index in [1.54, 1.807) is 45.9 Å². The number of halogens is 2. The third-order valence-corrected chi connectivity index (χ3v) is 6.63. The van der Waals surface area contributed by atoms with Crippen LogP contribution in [0.1, 0.15) is 38.8 Å². The van der Waals surface area contributed by atoms with Crippen molar-refractivity contribution in [3.05, 3.63) is 64.4 Å². The third kappa shape index (κ3) is 7.43. The summed E-state index contributed by atoms with van der Waals surface area (Å²) in [6.07, 6.45) is 0.977. The van der Waals surface area contributed by atoms with E-state index in [0.29, 0.717) is 5.02 Å². The van der Waals surface area contributed by atoms with Crippen molar-refractivity contribution in [1.82, 2.24) is 10.2 Å². The van der Waals surface area contributed by atoms with Crippen LogP contribution in [-0.4, -0.2) is 49.5 Å². The maximum Gasteiger partial charge on any atom is 0.244 e. The van der Waals surface area contributed by atoms with E-state index in [1.165, 1.54) is 36.1 Å². The van der Waals surface area contributed by atoms with Crippen LogP contribution >= 0.6 is 11.6 Å². The number of hydrogen-bond acceptors (Lipinski definition) is 4. The van der Waals surface area contributed by atoms with Gasteiger partial charge in [0.25, 0.3) is 0 Å². The summed E-state index contributed by atoms with van der Waals surface area (Å²) in [4.78, 5) is 27.5. The molecule has 0 saturated carbocycles. The van der Waals surface area contributed by atoms with Crippen LogP contribution in [0, 0.1) is 12.7 Å². The summed E-state index contributed by atoms with van der Waals surface area (Å²) in [7, 11) is -3.88. The van der Waals surface area contributed by atoms with E-state index in [-0.39, 0.29) is 17.8 Å². The molecule has 1 N–H and O–H groups in total. The Balaban J connectivity index is 2.44. The van der Waals surface area contributed by atoms with Crippen molar-refractivity contribution >= 4 is 39.1 Å². The molecule has 0 spiro atoms. The molecular weight excluding hydrogens is 481 g/mol. The number of carbonyl (C=O) groups excluding carboxylic acids is 2. The van der Waals surface area contributed by atoms with Crippen molar-refractivity contribution in [2.24, 2.45) is 0 Å². The zero-order chi connectivity index (χ0) is 25.8. The molecule has 0 aliphatic rings. The lowest BCUT2D eigenvalue weighted by Gasteiger charge is -2.33. The highest BCUT2D eigenvalue weighted by Gasteiger charge is 2.31. The zero-order valence-electron chi connectivity index (χ0n) is 20.2. The Morgan fingerprint density at radius 3 is 2.29 bits per heavy atom. The van der Waals surface area contributed by atoms with Gasteiger partial charge in [-0.25, -0.2) is 12.8 Å². The van der Waals surface area contributed by atoms with E-state index >= 15 is 0 Å². The molecule has 34 heavy (non-hydrogen) atoms. The largest absolute Gasteiger partial charge is 0.350 e. The highest BCUT2D eigenvalue weighted by atomic mass is 35.5. The van der Waals surface area contributed by atoms with Gasteiger partial charge in [0.2, 0.25) is 21.8 Å². The Morgan fingerprint density at radius 1 is 1.15 bits per heavy atom. The summed E-state index contributed by atoms with van der Waals surface area (Å²) < 4.78 is 40.4. The Morgan fingerprint density at radius 2 is 1.76 bits per heavy atom. The Kier molecular flexibility index (Phi) is 8.71. The standard InChI is InChI=1S/C24H31ClFN3O4S/c1-16-11-12-19(13-20(16)25)29(34(6,32)33)15-22(30)28(14-18-9-7-8-10-21(18)26)17(2)23(31)27-24(3,4)5/h7-13,17H,14-15H2,1-6H3,(H,27,31). The number of hydrogen-bond donors (Lipinski definition) is 1. The predicted molar refractivity (Wildman–Crippen MR) is 133 cm³/mol. The minimum atomic E-state index is -3.88. The Bertz CT molecular complexity index is 1170. The number of benzene rings is 2. The van der Waals surface area contributed by atoms with Crippen LogP contribution in [0.25, 0.3) is 0 Å². The lowest BCUT2D eigenvalue weighted by atomic mass is 10.1. The van der Waals surface area contributed by atoms with Crippen LogP contribution in [0.5, 0.6) is 0 Å². The minimum Gasteiger partial charge on any atom is -0.350 e. The molecule has 1 atom stereocenters. The van der Waals surface area contributed by atoms with Crippen molar-refractivity contribution in [3.8, 4) is 0 Å². The predicted octanol–water partition coefficient (Wildman–Crippen LogP) is 3.89. The fourth-order valence-electron chi connectivity index (χ4n) is 3.22. The Hall–Kier alpha value is -2.65. The maximum atomic E-state index is 14.4. The van der Waals surface area contributed by atoms with Gasteiger partial charge >= 0.3 is 0 Å². The first-order chi connectivity index (χ1) is 15.6. The van der Waals surface area contributed by atoms with Crippen molar-refractivity contribution < 1.29 is 22.4 Å². The molecule has 0 radical (unpaired) electrons. The monoisotopic (exact) mass is 511 g/mol. The van der Waals surface area contributed by atoms with Gasteiger partial charge in [-0.05, 0) is 58.4 Å². The first-order valence-corrected chi connectivity index (χ1v) is 12.9. The topological polar surface area (TPSA) is 86.8 Å². The lowest BCUT2D eigenvalue weighted by Crippen LogP contribution is -2.54. The second kappa shape index (κ2) is 10.7. The minimum absolute atomic E-state index is 0.204. The fourth-order valence-corrected chi connectivity index (χ4v) is 4.23. The zero-order valence-corrected chi connectivity index (χ0v) is 21.8. The van der Waals surface area contributed by atoms with Gasteiger partial charge in [-0.15, -0.1) is 0 Å². The summed E-state index contributed by atoms with van der Waals surface area (Å²) in [5.41, 5.74) is 0.605. The smallest absolute Gasteiger partial charge is 0.244 e. The average molecular weight is 512 g/mol. The van der Waals surface area contributed by atoms with Crippen LogP contribution in [0.4, 0.5) is 10.1 Å². The van der Waals surface area contributed by atoms with Crippen LogP contribution in [0.2, 0.25) is 5.02 Å². The molecular formula is C24H31ClFN3O4S. The van der Waals surface area contributed by atoms with Crippen molar-refractivity contribution in [2.75, 3.05) is 17.1 Å². The quantitative estimate of drug-likeness (QED) is 0.582. The highest BCUT2D eigenvalue weighted by molar-refractivity contribution is 7.92. The molecule has 0 aromatic heterocycles. The van der Waals surface area contributed by atoms with Crippen LogP contribution in [0.15, 0.2) is 42.5 Å². The third-order valence-electron chi connectivity index (χ3n) is 5.09. The van der Waals surface area contributed by atoms with Gasteiger partial charge < -0.3 is 10.2 Å². The maximum absolute atomic E-state index is 14.4. The average Bonchev–Trinajstić information content (AvgIpc) is 2.70. The Labute approximate surface area is 205 Å². The van der Waals surface area contributed by atoms with E-state index < -0.39 is 45.8 Å². The number of aryl methyl sites for hydroxylation is 1. The van der Waals surface area contributed by atoms with Crippen molar-refractivity contribution in [1.29, 1.82) is 0 Å². The number of nitrogens with one attached hydrogen (secondary N) is 1. The van der Waals surface area contributed by atoms with E-state index in [1.807, 2.05) is 0 Å². The van der Waals surface area contributed by atoms with E-state index in [9.17, 15) is 22.4 Å².